The van der Waals surface area contributed by atoms with Crippen molar-refractivity contribution in [2.24, 2.45) is 0 Å². The smallest absolute Gasteiger partial charge is 0.309 e. The molecular formula is C12H13ClN2O2. The summed E-state index contributed by atoms with van der Waals surface area (Å²) in [5.74, 6) is -0.674. The van der Waals surface area contributed by atoms with Crippen molar-refractivity contribution in [3.05, 3.63) is 34.7 Å². The largest absolute Gasteiger partial charge is 0.481 e. The highest BCUT2D eigenvalue weighted by Gasteiger charge is 2.17. The fourth-order valence-corrected chi connectivity index (χ4v) is 2.02. The van der Waals surface area contributed by atoms with Gasteiger partial charge >= 0.3 is 5.97 Å². The number of imidazole rings is 1. The Balaban J connectivity index is 2.66. The van der Waals surface area contributed by atoms with E-state index in [2.05, 4.69) is 4.98 Å². The molecule has 0 saturated heterocycles. The Bertz CT molecular complexity index is 575. The van der Waals surface area contributed by atoms with Crippen molar-refractivity contribution in [3.63, 3.8) is 0 Å². The molecule has 0 aliphatic rings. The molecule has 90 valence electrons. The van der Waals surface area contributed by atoms with Crippen LogP contribution in [0.3, 0.4) is 0 Å². The first-order valence-electron chi connectivity index (χ1n) is 5.37. The van der Waals surface area contributed by atoms with Crippen LogP contribution in [0.15, 0.2) is 18.3 Å². The summed E-state index contributed by atoms with van der Waals surface area (Å²) in [6, 6.07) is 3.46. The Hall–Kier alpha value is -1.55. The molecule has 5 heteroatoms. The summed E-state index contributed by atoms with van der Waals surface area (Å²) in [6.45, 7) is 3.99. The summed E-state index contributed by atoms with van der Waals surface area (Å²) in [5.41, 5.74) is 2.23. The fraction of sp³-hybridized carbons (Fsp3) is 0.333. The van der Waals surface area contributed by atoms with Gasteiger partial charge in [0.1, 0.15) is 5.65 Å². The van der Waals surface area contributed by atoms with Crippen LogP contribution >= 0.6 is 11.6 Å². The van der Waals surface area contributed by atoms with Crippen LogP contribution in [0.1, 0.15) is 31.2 Å². The lowest BCUT2D eigenvalue weighted by molar-refractivity contribution is -0.136. The number of aromatic nitrogens is 2. The van der Waals surface area contributed by atoms with Crippen molar-refractivity contribution < 1.29 is 9.90 Å². The van der Waals surface area contributed by atoms with Crippen molar-refractivity contribution in [2.75, 3.05) is 0 Å². The molecule has 2 aromatic heterocycles. The first-order valence-corrected chi connectivity index (χ1v) is 5.75. The highest BCUT2D eigenvalue weighted by Crippen LogP contribution is 2.23. The molecule has 0 saturated carbocycles. The third kappa shape index (κ3) is 2.26. The van der Waals surface area contributed by atoms with Gasteiger partial charge < -0.3 is 9.51 Å². The normalized spacial score (nSPS) is 11.3. The van der Waals surface area contributed by atoms with E-state index in [1.54, 1.807) is 22.7 Å². The average molecular weight is 253 g/mol. The Morgan fingerprint density at radius 3 is 2.88 bits per heavy atom. The van der Waals surface area contributed by atoms with Crippen LogP contribution in [0, 0.1) is 0 Å². The van der Waals surface area contributed by atoms with Gasteiger partial charge in [0.25, 0.3) is 0 Å². The zero-order valence-corrected chi connectivity index (χ0v) is 10.4. The molecule has 0 aliphatic heterocycles. The van der Waals surface area contributed by atoms with E-state index in [-0.39, 0.29) is 12.3 Å². The van der Waals surface area contributed by atoms with Crippen LogP contribution in [0.2, 0.25) is 5.02 Å². The monoisotopic (exact) mass is 252 g/mol. The summed E-state index contributed by atoms with van der Waals surface area (Å²) in [5, 5.41) is 9.54. The molecule has 0 radical (unpaired) electrons. The van der Waals surface area contributed by atoms with Crippen LogP contribution < -0.4 is 0 Å². The van der Waals surface area contributed by atoms with Crippen LogP contribution in [-0.4, -0.2) is 20.5 Å². The standard InChI is InChI=1S/C12H13ClN2O2/c1-7(2)12-9(6-11(16)17)15-4-3-8(13)5-10(15)14-12/h3-5,7H,6H2,1-2H3,(H,16,17). The van der Waals surface area contributed by atoms with E-state index < -0.39 is 5.97 Å². The zero-order chi connectivity index (χ0) is 12.6. The first-order chi connectivity index (χ1) is 7.99. The number of pyridine rings is 1. The third-order valence-electron chi connectivity index (χ3n) is 2.58. The van der Waals surface area contributed by atoms with Crippen LogP contribution in [0.5, 0.6) is 0 Å². The van der Waals surface area contributed by atoms with E-state index in [4.69, 9.17) is 16.7 Å². The van der Waals surface area contributed by atoms with Crippen molar-refractivity contribution >= 4 is 23.2 Å². The van der Waals surface area contributed by atoms with Crippen molar-refractivity contribution in [1.29, 1.82) is 0 Å². The number of carboxylic acid groups (broad SMARTS) is 1. The van der Waals surface area contributed by atoms with Crippen LogP contribution in [-0.2, 0) is 11.2 Å². The van der Waals surface area contributed by atoms with Crippen molar-refractivity contribution in [2.45, 2.75) is 26.2 Å². The fourth-order valence-electron chi connectivity index (χ4n) is 1.87. The topological polar surface area (TPSA) is 54.6 Å². The molecule has 17 heavy (non-hydrogen) atoms. The Morgan fingerprint density at radius 1 is 1.59 bits per heavy atom. The number of rotatable bonds is 3. The maximum Gasteiger partial charge on any atom is 0.309 e. The second-order valence-electron chi connectivity index (χ2n) is 4.24. The molecule has 0 aliphatic carbocycles. The van der Waals surface area contributed by atoms with E-state index in [1.807, 2.05) is 13.8 Å². The summed E-state index contributed by atoms with van der Waals surface area (Å²) >= 11 is 5.90. The number of carbonyl (C=O) groups is 1. The number of hydrogen-bond donors (Lipinski definition) is 1. The quantitative estimate of drug-likeness (QED) is 0.914. The summed E-state index contributed by atoms with van der Waals surface area (Å²) in [7, 11) is 0. The lowest BCUT2D eigenvalue weighted by atomic mass is 10.1. The summed E-state index contributed by atoms with van der Waals surface area (Å²) < 4.78 is 1.79. The number of hydrogen-bond acceptors (Lipinski definition) is 2. The predicted molar refractivity (Wildman–Crippen MR) is 65.6 cm³/mol. The Kier molecular flexibility index (Phi) is 3.07. The number of halogens is 1. The van der Waals surface area contributed by atoms with Crippen molar-refractivity contribution in [1.82, 2.24) is 9.38 Å². The van der Waals surface area contributed by atoms with E-state index in [1.165, 1.54) is 0 Å². The van der Waals surface area contributed by atoms with Gasteiger partial charge in [-0.1, -0.05) is 25.4 Å². The number of carboxylic acids is 1. The van der Waals surface area contributed by atoms with Gasteiger partial charge in [-0.15, -0.1) is 0 Å². The van der Waals surface area contributed by atoms with Crippen LogP contribution in [0.4, 0.5) is 0 Å². The van der Waals surface area contributed by atoms with Gasteiger partial charge in [-0.05, 0) is 12.0 Å². The predicted octanol–water partition coefficient (Wildman–Crippen LogP) is 2.74. The van der Waals surface area contributed by atoms with Gasteiger partial charge in [0, 0.05) is 17.3 Å². The Morgan fingerprint density at radius 2 is 2.29 bits per heavy atom. The lowest BCUT2D eigenvalue weighted by Gasteiger charge is -2.04. The van der Waals surface area contributed by atoms with Gasteiger partial charge in [0.2, 0.25) is 0 Å². The van der Waals surface area contributed by atoms with E-state index >= 15 is 0 Å². The van der Waals surface area contributed by atoms with Gasteiger partial charge in [-0.2, -0.15) is 0 Å². The molecule has 0 atom stereocenters. The van der Waals surface area contributed by atoms with Gasteiger partial charge in [-0.25, -0.2) is 4.98 Å². The van der Waals surface area contributed by atoms with Crippen LogP contribution in [0.25, 0.3) is 5.65 Å². The minimum atomic E-state index is -0.858. The molecule has 0 spiro atoms. The van der Waals surface area contributed by atoms with E-state index in [9.17, 15) is 4.79 Å². The first kappa shape index (κ1) is 11.9. The zero-order valence-electron chi connectivity index (χ0n) is 9.64. The maximum atomic E-state index is 10.9. The average Bonchev–Trinajstić information content (AvgIpc) is 2.55. The molecule has 0 amide bonds. The molecule has 0 fully saturated rings. The number of aliphatic carboxylic acids is 1. The molecular weight excluding hydrogens is 240 g/mol. The van der Waals surface area contributed by atoms with E-state index in [0.29, 0.717) is 10.7 Å². The summed E-state index contributed by atoms with van der Waals surface area (Å²) in [4.78, 5) is 15.3. The minimum absolute atomic E-state index is 0.0314. The van der Waals surface area contributed by atoms with E-state index in [0.717, 1.165) is 11.4 Å². The number of nitrogens with zero attached hydrogens (tertiary/aromatic N) is 2. The number of fused-ring (bicyclic) bond motifs is 1. The molecule has 0 bridgehead atoms. The second-order valence-corrected chi connectivity index (χ2v) is 4.68. The Labute approximate surface area is 104 Å². The molecule has 2 heterocycles. The highest BCUT2D eigenvalue weighted by molar-refractivity contribution is 6.30. The molecule has 0 aromatic carbocycles. The molecule has 2 aromatic rings. The molecule has 1 N–H and O–H groups in total. The molecule has 4 nitrogen and oxygen atoms in total. The minimum Gasteiger partial charge on any atom is -0.481 e. The van der Waals surface area contributed by atoms with Gasteiger partial charge in [-0.3, -0.25) is 4.79 Å². The maximum absolute atomic E-state index is 10.9. The van der Waals surface area contributed by atoms with Gasteiger partial charge in [0.05, 0.1) is 17.8 Å². The highest BCUT2D eigenvalue weighted by atomic mass is 35.5. The van der Waals surface area contributed by atoms with Crippen molar-refractivity contribution in [3.8, 4) is 0 Å². The second kappa shape index (κ2) is 4.37. The SMILES string of the molecule is CC(C)c1nc2cc(Cl)ccn2c1CC(=O)O. The molecule has 2 rings (SSSR count). The third-order valence-corrected chi connectivity index (χ3v) is 2.82. The molecule has 0 unspecified atom stereocenters. The lowest BCUT2D eigenvalue weighted by Crippen LogP contribution is -2.06. The summed E-state index contributed by atoms with van der Waals surface area (Å²) in [6.07, 6.45) is 1.73. The van der Waals surface area contributed by atoms with Gasteiger partial charge in [0.15, 0.2) is 0 Å².